The second-order valence-corrected chi connectivity index (χ2v) is 6.50. The minimum Gasteiger partial charge on any atom is -0.494 e. The lowest BCUT2D eigenvalue weighted by atomic mass is 10.1. The van der Waals surface area contributed by atoms with Crippen LogP contribution in [0.3, 0.4) is 0 Å². The number of carbonyl (C=O) groups excluding carboxylic acids is 1. The van der Waals surface area contributed by atoms with Crippen molar-refractivity contribution in [2.45, 2.75) is 6.92 Å². The quantitative estimate of drug-likeness (QED) is 0.650. The molecule has 2 aromatic carbocycles. The third kappa shape index (κ3) is 3.22. The van der Waals surface area contributed by atoms with E-state index in [2.05, 4.69) is 10.1 Å². The number of para-hydroxylation sites is 1. The summed E-state index contributed by atoms with van der Waals surface area (Å²) in [7, 11) is 0. The van der Waals surface area contributed by atoms with Crippen LogP contribution >= 0.6 is 0 Å². The van der Waals surface area contributed by atoms with Crippen molar-refractivity contribution in [1.29, 1.82) is 0 Å². The lowest BCUT2D eigenvalue weighted by molar-refractivity contribution is -0.114. The maximum atomic E-state index is 13.2. The van der Waals surface area contributed by atoms with Crippen molar-refractivity contribution in [1.82, 2.24) is 9.55 Å². The smallest absolute Gasteiger partial charge is 0.335 e. The van der Waals surface area contributed by atoms with Crippen LogP contribution in [0.15, 0.2) is 74.9 Å². The van der Waals surface area contributed by atoms with Crippen molar-refractivity contribution in [2.24, 2.45) is 5.10 Å². The first-order valence-electron chi connectivity index (χ1n) is 8.88. The molecule has 0 saturated carbocycles. The molecule has 1 aliphatic rings. The number of hydrogen-bond donors (Lipinski definition) is 2. The monoisotopic (exact) mass is 406 g/mol. The van der Waals surface area contributed by atoms with E-state index in [0.717, 1.165) is 9.58 Å². The minimum atomic E-state index is -0.849. The summed E-state index contributed by atoms with van der Waals surface area (Å²) in [6.07, 6.45) is 1.18. The van der Waals surface area contributed by atoms with Gasteiger partial charge in [0.15, 0.2) is 0 Å². The van der Waals surface area contributed by atoms with Crippen molar-refractivity contribution >= 4 is 23.4 Å². The molecule has 2 heterocycles. The number of hydrogen-bond acceptors (Lipinski definition) is 5. The highest BCUT2D eigenvalue weighted by Gasteiger charge is 2.29. The number of nitrogens with zero attached hydrogens (tertiary/aromatic N) is 3. The Hall–Kier alpha value is -4.27. The minimum absolute atomic E-state index is 0.0541. The number of nitrogens with one attached hydrogen (secondary N) is 1. The number of aromatic amines is 1. The first-order valence-corrected chi connectivity index (χ1v) is 8.88. The highest BCUT2D eigenvalue weighted by atomic mass is 19.1. The summed E-state index contributed by atoms with van der Waals surface area (Å²) < 4.78 is 14.1. The fourth-order valence-corrected chi connectivity index (χ4v) is 3.07. The number of carbonyl (C=O) groups is 1. The van der Waals surface area contributed by atoms with Gasteiger partial charge in [0.05, 0.1) is 22.7 Å². The summed E-state index contributed by atoms with van der Waals surface area (Å²) in [6.45, 7) is 1.56. The van der Waals surface area contributed by atoms with Crippen LogP contribution in [0.2, 0.25) is 0 Å². The lowest BCUT2D eigenvalue weighted by Crippen LogP contribution is -2.30. The molecule has 0 unspecified atom stereocenters. The van der Waals surface area contributed by atoms with Crippen LogP contribution in [-0.2, 0) is 4.79 Å². The molecular weight excluding hydrogens is 391 g/mol. The maximum Gasteiger partial charge on any atom is 0.335 e. The van der Waals surface area contributed by atoms with Crippen molar-refractivity contribution in [3.63, 3.8) is 0 Å². The molecule has 1 amide bonds. The van der Waals surface area contributed by atoms with Crippen molar-refractivity contribution in [2.75, 3.05) is 5.01 Å². The van der Waals surface area contributed by atoms with Crippen LogP contribution in [0.1, 0.15) is 12.5 Å². The molecule has 0 atom stereocenters. The second kappa shape index (κ2) is 7.28. The lowest BCUT2D eigenvalue weighted by Gasteiger charge is -2.12. The van der Waals surface area contributed by atoms with Crippen LogP contribution in [0.4, 0.5) is 10.1 Å². The fraction of sp³-hybridized carbons (Fsp3) is 0.0476. The van der Waals surface area contributed by atoms with E-state index in [0.29, 0.717) is 17.1 Å². The Morgan fingerprint density at radius 3 is 2.33 bits per heavy atom. The van der Waals surface area contributed by atoms with Gasteiger partial charge in [-0.2, -0.15) is 10.1 Å². The molecule has 3 aromatic rings. The molecule has 0 aliphatic carbocycles. The van der Waals surface area contributed by atoms with E-state index < -0.39 is 28.9 Å². The van der Waals surface area contributed by atoms with Gasteiger partial charge in [-0.3, -0.25) is 14.6 Å². The van der Waals surface area contributed by atoms with Gasteiger partial charge in [0, 0.05) is 0 Å². The number of H-pyrrole nitrogens is 1. The third-order valence-corrected chi connectivity index (χ3v) is 4.56. The Kier molecular flexibility index (Phi) is 4.63. The number of benzene rings is 2. The Balaban J connectivity index is 1.81. The Morgan fingerprint density at radius 2 is 1.67 bits per heavy atom. The van der Waals surface area contributed by atoms with E-state index in [4.69, 9.17) is 0 Å². The molecule has 30 heavy (non-hydrogen) atoms. The van der Waals surface area contributed by atoms with Crippen molar-refractivity contribution < 1.29 is 14.3 Å². The van der Waals surface area contributed by atoms with Gasteiger partial charge in [0.2, 0.25) is 5.88 Å². The molecule has 150 valence electrons. The SMILES string of the molecule is CC1=NN(c2ccc(F)cc2)C(=O)/C1=C\c1c(O)n(-c2ccccc2)c(=O)[nH]c1=O. The summed E-state index contributed by atoms with van der Waals surface area (Å²) in [6, 6.07) is 13.4. The summed E-state index contributed by atoms with van der Waals surface area (Å²) in [5.74, 6) is -1.62. The van der Waals surface area contributed by atoms with E-state index >= 15 is 0 Å². The summed E-state index contributed by atoms with van der Waals surface area (Å²) in [4.78, 5) is 39.6. The molecular formula is C21H15FN4O4. The molecule has 0 saturated heterocycles. The predicted octanol–water partition coefficient (Wildman–Crippen LogP) is 2.18. The Morgan fingerprint density at radius 1 is 1.00 bits per heavy atom. The average molecular weight is 406 g/mol. The van der Waals surface area contributed by atoms with Crippen LogP contribution < -0.4 is 16.3 Å². The standard InChI is InChI=1S/C21H15FN4O4/c1-12-16(20(29)26(24-12)15-9-7-13(22)8-10-15)11-17-18(27)23-21(30)25(19(17)28)14-5-3-2-4-6-14/h2-11,28H,1H3,(H,23,27,30)/b16-11-. The number of halogens is 1. The number of anilines is 1. The first kappa shape index (κ1) is 19.1. The number of amides is 1. The fourth-order valence-electron chi connectivity index (χ4n) is 3.07. The Labute approximate surface area is 168 Å². The van der Waals surface area contributed by atoms with Crippen LogP contribution in [0.25, 0.3) is 11.8 Å². The van der Waals surface area contributed by atoms with Gasteiger partial charge in [-0.25, -0.2) is 13.8 Å². The van der Waals surface area contributed by atoms with Crippen LogP contribution in [-0.4, -0.2) is 26.3 Å². The average Bonchev–Trinajstić information content (AvgIpc) is 3.00. The number of aromatic nitrogens is 2. The Bertz CT molecular complexity index is 1320. The van der Waals surface area contributed by atoms with E-state index in [9.17, 15) is 23.9 Å². The van der Waals surface area contributed by atoms with Gasteiger partial charge < -0.3 is 5.11 Å². The molecule has 9 heteroatoms. The zero-order valence-electron chi connectivity index (χ0n) is 15.7. The second-order valence-electron chi connectivity index (χ2n) is 6.50. The maximum absolute atomic E-state index is 13.2. The highest BCUT2D eigenvalue weighted by molar-refractivity contribution is 6.32. The van der Waals surface area contributed by atoms with Gasteiger partial charge >= 0.3 is 5.69 Å². The highest BCUT2D eigenvalue weighted by Crippen LogP contribution is 2.26. The molecule has 0 radical (unpaired) electrons. The van der Waals surface area contributed by atoms with E-state index in [-0.39, 0.29) is 11.1 Å². The normalized spacial score (nSPS) is 15.0. The molecule has 8 nitrogen and oxygen atoms in total. The van der Waals surface area contributed by atoms with E-state index in [1.165, 1.54) is 30.3 Å². The third-order valence-electron chi connectivity index (χ3n) is 4.56. The zero-order chi connectivity index (χ0) is 21.4. The molecule has 0 spiro atoms. The van der Waals surface area contributed by atoms with Gasteiger partial charge in [-0.15, -0.1) is 0 Å². The van der Waals surface area contributed by atoms with Gasteiger partial charge in [0.1, 0.15) is 11.4 Å². The molecule has 0 fully saturated rings. The predicted molar refractivity (Wildman–Crippen MR) is 109 cm³/mol. The zero-order valence-corrected chi connectivity index (χ0v) is 15.7. The molecule has 1 aromatic heterocycles. The number of aromatic hydroxyl groups is 1. The number of rotatable bonds is 3. The summed E-state index contributed by atoms with van der Waals surface area (Å²) >= 11 is 0. The van der Waals surface area contributed by atoms with Crippen LogP contribution in [0, 0.1) is 5.82 Å². The number of hydrazone groups is 1. The van der Waals surface area contributed by atoms with E-state index in [1.54, 1.807) is 37.3 Å². The van der Waals surface area contributed by atoms with E-state index in [1.807, 2.05) is 0 Å². The summed E-state index contributed by atoms with van der Waals surface area (Å²) in [5, 5.41) is 15.9. The van der Waals surface area contributed by atoms with Crippen molar-refractivity contribution in [3.05, 3.63) is 92.4 Å². The molecule has 1 aliphatic heterocycles. The van der Waals surface area contributed by atoms with Gasteiger partial charge in [-0.1, -0.05) is 18.2 Å². The largest absolute Gasteiger partial charge is 0.494 e. The van der Waals surface area contributed by atoms with Gasteiger partial charge in [-0.05, 0) is 49.4 Å². The molecule has 2 N–H and O–H groups in total. The first-order chi connectivity index (χ1) is 14.4. The van der Waals surface area contributed by atoms with Crippen LogP contribution in [0.5, 0.6) is 5.88 Å². The van der Waals surface area contributed by atoms with Gasteiger partial charge in [0.25, 0.3) is 11.5 Å². The summed E-state index contributed by atoms with van der Waals surface area (Å²) in [5.41, 5.74) is -0.903. The molecule has 0 bridgehead atoms. The van der Waals surface area contributed by atoms with Crippen molar-refractivity contribution in [3.8, 4) is 11.6 Å². The molecule has 4 rings (SSSR count). The topological polar surface area (TPSA) is 108 Å².